The Hall–Kier alpha value is -3.17. The highest BCUT2D eigenvalue weighted by molar-refractivity contribution is 6.02. The first-order valence-corrected chi connectivity index (χ1v) is 10.4. The highest BCUT2D eigenvalue weighted by atomic mass is 19.4. The van der Waals surface area contributed by atoms with E-state index in [0.717, 1.165) is 30.7 Å². The average molecular weight is 446 g/mol. The van der Waals surface area contributed by atoms with Crippen LogP contribution in [0.5, 0.6) is 0 Å². The number of amides is 1. The number of benzene rings is 1. The summed E-state index contributed by atoms with van der Waals surface area (Å²) in [4.78, 5) is 12.8. The van der Waals surface area contributed by atoms with Gasteiger partial charge < -0.3 is 5.32 Å². The molecule has 0 unspecified atom stereocenters. The second-order valence-corrected chi connectivity index (χ2v) is 9.14. The van der Waals surface area contributed by atoms with E-state index in [1.165, 1.54) is 16.8 Å². The third-order valence-electron chi connectivity index (χ3n) is 5.43. The summed E-state index contributed by atoms with van der Waals surface area (Å²) < 4.78 is 41.7. The second-order valence-electron chi connectivity index (χ2n) is 9.14. The van der Waals surface area contributed by atoms with Crippen LogP contribution in [0.25, 0.3) is 0 Å². The molecule has 10 heteroatoms. The van der Waals surface area contributed by atoms with Crippen molar-refractivity contribution in [2.45, 2.75) is 64.7 Å². The number of carbonyl (C=O) groups is 1. The predicted molar refractivity (Wildman–Crippen MR) is 112 cm³/mol. The maximum absolute atomic E-state index is 12.8. The summed E-state index contributed by atoms with van der Waals surface area (Å²) in [7, 11) is 0. The molecule has 1 aliphatic carbocycles. The van der Waals surface area contributed by atoms with Crippen molar-refractivity contribution >= 4 is 11.7 Å². The Kier molecular flexibility index (Phi) is 5.34. The number of hydrogen-bond acceptors (Lipinski definition) is 4. The molecule has 2 heterocycles. The number of carbonyl (C=O) groups excluding carboxylic acids is 1. The molecule has 32 heavy (non-hydrogen) atoms. The van der Waals surface area contributed by atoms with Gasteiger partial charge in [0.1, 0.15) is 0 Å². The minimum absolute atomic E-state index is 0.233. The first-order valence-electron chi connectivity index (χ1n) is 10.4. The Balaban J connectivity index is 1.49. The molecule has 1 fully saturated rings. The molecule has 7 nitrogen and oxygen atoms in total. The number of aromatic nitrogens is 5. The molecule has 0 radical (unpaired) electrons. The molecule has 1 saturated carbocycles. The molecular formula is C22H25F3N6O. The van der Waals surface area contributed by atoms with Crippen LogP contribution >= 0.6 is 0 Å². The Bertz CT molecular complexity index is 1130. The van der Waals surface area contributed by atoms with Crippen molar-refractivity contribution < 1.29 is 18.0 Å². The van der Waals surface area contributed by atoms with Crippen LogP contribution in [-0.4, -0.2) is 30.7 Å². The van der Waals surface area contributed by atoms with Crippen LogP contribution in [0.1, 0.15) is 72.5 Å². The molecule has 4 rings (SSSR count). The molecule has 0 aliphatic heterocycles. The van der Waals surface area contributed by atoms with Crippen molar-refractivity contribution in [2.24, 2.45) is 0 Å². The van der Waals surface area contributed by atoms with Gasteiger partial charge in [0.05, 0.1) is 23.3 Å². The van der Waals surface area contributed by atoms with Crippen molar-refractivity contribution in [1.82, 2.24) is 24.8 Å². The summed E-state index contributed by atoms with van der Waals surface area (Å²) in [6, 6.07) is 6.71. The molecule has 0 atom stereocenters. The van der Waals surface area contributed by atoms with Crippen LogP contribution in [0, 0.1) is 6.92 Å². The molecular weight excluding hydrogens is 421 g/mol. The third kappa shape index (κ3) is 4.53. The summed E-state index contributed by atoms with van der Waals surface area (Å²) in [5, 5.41) is 15.3. The summed E-state index contributed by atoms with van der Waals surface area (Å²) in [6.07, 6.45) is -2.18. The SMILES string of the molecule is Cc1c(NC(=O)c2cc(C3CC3)n(C(C)(C)C)n2)nnn1Cc1ccc(C(F)(F)F)cc1. The van der Waals surface area contributed by atoms with Crippen molar-refractivity contribution in [3.8, 4) is 0 Å². The van der Waals surface area contributed by atoms with Gasteiger partial charge in [-0.05, 0) is 64.3 Å². The van der Waals surface area contributed by atoms with Crippen molar-refractivity contribution in [2.75, 3.05) is 5.32 Å². The van der Waals surface area contributed by atoms with Gasteiger partial charge in [-0.1, -0.05) is 17.3 Å². The fourth-order valence-electron chi connectivity index (χ4n) is 3.48. The minimum Gasteiger partial charge on any atom is -0.302 e. The Morgan fingerprint density at radius 2 is 1.81 bits per heavy atom. The number of anilines is 1. The summed E-state index contributed by atoms with van der Waals surface area (Å²) in [5.74, 6) is 0.356. The van der Waals surface area contributed by atoms with Gasteiger partial charge in [0.15, 0.2) is 11.5 Å². The van der Waals surface area contributed by atoms with Gasteiger partial charge in [-0.25, -0.2) is 4.68 Å². The summed E-state index contributed by atoms with van der Waals surface area (Å²) >= 11 is 0. The van der Waals surface area contributed by atoms with E-state index in [1.807, 2.05) is 31.5 Å². The number of alkyl halides is 3. The molecule has 1 aromatic carbocycles. The van der Waals surface area contributed by atoms with Crippen LogP contribution in [0.3, 0.4) is 0 Å². The maximum atomic E-state index is 12.8. The van der Waals surface area contributed by atoms with Crippen molar-refractivity contribution in [3.63, 3.8) is 0 Å². The zero-order chi connectivity index (χ0) is 23.3. The first-order chi connectivity index (χ1) is 14.9. The molecule has 3 aromatic rings. The first kappa shape index (κ1) is 22.0. The van der Waals surface area contributed by atoms with Crippen LogP contribution in [0.4, 0.5) is 19.0 Å². The van der Waals surface area contributed by atoms with Gasteiger partial charge >= 0.3 is 6.18 Å². The van der Waals surface area contributed by atoms with Crippen LogP contribution in [-0.2, 0) is 18.3 Å². The van der Waals surface area contributed by atoms with E-state index in [2.05, 4.69) is 20.7 Å². The molecule has 2 aromatic heterocycles. The highest BCUT2D eigenvalue weighted by Crippen LogP contribution is 2.41. The normalized spacial score (nSPS) is 14.6. The lowest BCUT2D eigenvalue weighted by atomic mass is 10.1. The maximum Gasteiger partial charge on any atom is 0.416 e. The molecule has 0 bridgehead atoms. The molecule has 0 spiro atoms. The Morgan fingerprint density at radius 3 is 2.38 bits per heavy atom. The third-order valence-corrected chi connectivity index (χ3v) is 5.43. The van der Waals surface area contributed by atoms with E-state index < -0.39 is 11.7 Å². The highest BCUT2D eigenvalue weighted by Gasteiger charge is 2.33. The molecule has 1 amide bonds. The minimum atomic E-state index is -4.38. The van der Waals surface area contributed by atoms with E-state index in [1.54, 1.807) is 6.92 Å². The summed E-state index contributed by atoms with van der Waals surface area (Å²) in [5.41, 5.74) is 1.67. The number of hydrogen-bond donors (Lipinski definition) is 1. The number of nitrogens with one attached hydrogen (secondary N) is 1. The van der Waals surface area contributed by atoms with Gasteiger partial charge in [-0.15, -0.1) is 5.10 Å². The Morgan fingerprint density at radius 1 is 1.16 bits per heavy atom. The lowest BCUT2D eigenvalue weighted by molar-refractivity contribution is -0.137. The Labute approximate surface area is 183 Å². The quantitative estimate of drug-likeness (QED) is 0.614. The lowest BCUT2D eigenvalue weighted by Gasteiger charge is -2.22. The summed E-state index contributed by atoms with van der Waals surface area (Å²) in [6.45, 7) is 8.11. The molecule has 170 valence electrons. The molecule has 1 N–H and O–H groups in total. The van der Waals surface area contributed by atoms with Crippen LogP contribution in [0.2, 0.25) is 0 Å². The number of rotatable bonds is 5. The fraction of sp³-hybridized carbons (Fsp3) is 0.455. The van der Waals surface area contributed by atoms with Gasteiger partial charge in [0.2, 0.25) is 0 Å². The zero-order valence-electron chi connectivity index (χ0n) is 18.4. The van der Waals surface area contributed by atoms with Crippen LogP contribution in [0.15, 0.2) is 30.3 Å². The van der Waals surface area contributed by atoms with E-state index in [4.69, 9.17) is 0 Å². The smallest absolute Gasteiger partial charge is 0.302 e. The van der Waals surface area contributed by atoms with Gasteiger partial charge in [0, 0.05) is 11.6 Å². The average Bonchev–Trinajstić information content (AvgIpc) is 3.36. The molecule has 0 saturated heterocycles. The predicted octanol–water partition coefficient (Wildman–Crippen LogP) is 4.73. The van der Waals surface area contributed by atoms with Crippen molar-refractivity contribution in [3.05, 3.63) is 58.5 Å². The number of nitrogens with zero attached hydrogens (tertiary/aromatic N) is 5. The van der Waals surface area contributed by atoms with E-state index >= 15 is 0 Å². The fourth-order valence-corrected chi connectivity index (χ4v) is 3.48. The van der Waals surface area contributed by atoms with Crippen molar-refractivity contribution in [1.29, 1.82) is 0 Å². The largest absolute Gasteiger partial charge is 0.416 e. The van der Waals surface area contributed by atoms with E-state index in [9.17, 15) is 18.0 Å². The van der Waals surface area contributed by atoms with Gasteiger partial charge in [-0.2, -0.15) is 18.3 Å². The monoisotopic (exact) mass is 446 g/mol. The van der Waals surface area contributed by atoms with Crippen LogP contribution < -0.4 is 5.32 Å². The zero-order valence-corrected chi connectivity index (χ0v) is 18.4. The van der Waals surface area contributed by atoms with Gasteiger partial charge in [-0.3, -0.25) is 9.48 Å². The number of halogens is 3. The van der Waals surface area contributed by atoms with E-state index in [0.29, 0.717) is 28.7 Å². The second kappa shape index (κ2) is 7.75. The topological polar surface area (TPSA) is 77.6 Å². The standard InChI is InChI=1S/C22H25F3N6O/c1-13-19(27-29-30(13)12-14-5-9-16(10-6-14)22(23,24)25)26-20(32)17-11-18(15-7-8-15)31(28-17)21(2,3)4/h5-6,9-11,15H,7-8,12H2,1-4H3,(H,26,32). The molecule has 1 aliphatic rings. The van der Waals surface area contributed by atoms with E-state index in [-0.39, 0.29) is 18.0 Å². The lowest BCUT2D eigenvalue weighted by Crippen LogP contribution is -2.26. The van der Waals surface area contributed by atoms with Gasteiger partial charge in [0.25, 0.3) is 5.91 Å².